The second-order valence-electron chi connectivity index (χ2n) is 8.92. The Morgan fingerprint density at radius 1 is 1.15 bits per heavy atom. The van der Waals surface area contributed by atoms with Crippen LogP contribution in [0, 0.1) is 24.2 Å². The van der Waals surface area contributed by atoms with E-state index in [0.717, 1.165) is 56.1 Å². The molecule has 26 heavy (non-hydrogen) atoms. The average Bonchev–Trinajstić information content (AvgIpc) is 3.35. The van der Waals surface area contributed by atoms with Crippen molar-refractivity contribution in [2.75, 3.05) is 37.7 Å². The molecule has 5 heteroatoms. The van der Waals surface area contributed by atoms with E-state index in [1.807, 2.05) is 19.3 Å². The van der Waals surface area contributed by atoms with Crippen molar-refractivity contribution in [1.82, 2.24) is 15.3 Å². The molecule has 0 aromatic carbocycles. The number of hydrogen-bond donors (Lipinski definition) is 1. The lowest BCUT2D eigenvalue weighted by Crippen LogP contribution is -2.36. The molecule has 3 fully saturated rings. The molecular formula is C21H34N4O. The normalized spacial score (nSPS) is 30.5. The highest BCUT2D eigenvalue weighted by Crippen LogP contribution is 2.60. The molecule has 5 nitrogen and oxygen atoms in total. The maximum Gasteiger partial charge on any atom is 0.225 e. The standard InChI is InChI=1S/C21H34N4O/c1-16-14-23-20(24-15-16)25-10-5-17(6-11-25)19-13-21(19,2)7-12-26-18-3-8-22-9-4-18/h14-15,17-19,22H,3-13H2,1-2H3/t19-,21-/m1/s1. The van der Waals surface area contributed by atoms with Gasteiger partial charge >= 0.3 is 0 Å². The number of hydrogen-bond acceptors (Lipinski definition) is 5. The first kappa shape index (κ1) is 18.2. The molecule has 1 saturated carbocycles. The van der Waals surface area contributed by atoms with Crippen LogP contribution in [0.4, 0.5) is 5.95 Å². The summed E-state index contributed by atoms with van der Waals surface area (Å²) < 4.78 is 6.15. The van der Waals surface area contributed by atoms with Gasteiger partial charge in [-0.2, -0.15) is 0 Å². The number of rotatable bonds is 6. The molecular weight excluding hydrogens is 324 g/mol. The van der Waals surface area contributed by atoms with E-state index in [2.05, 4.69) is 27.1 Å². The number of ether oxygens (including phenoxy) is 1. The highest BCUT2D eigenvalue weighted by Gasteiger charge is 2.53. The highest BCUT2D eigenvalue weighted by atomic mass is 16.5. The fourth-order valence-corrected chi connectivity index (χ4v) is 4.94. The predicted octanol–water partition coefficient (Wildman–Crippen LogP) is 3.19. The van der Waals surface area contributed by atoms with E-state index in [1.54, 1.807) is 0 Å². The van der Waals surface area contributed by atoms with Crippen LogP contribution in [0.5, 0.6) is 0 Å². The summed E-state index contributed by atoms with van der Waals surface area (Å²) in [6.45, 7) is 9.92. The number of nitrogens with one attached hydrogen (secondary N) is 1. The molecule has 3 heterocycles. The van der Waals surface area contributed by atoms with Crippen molar-refractivity contribution in [2.24, 2.45) is 17.3 Å². The summed E-state index contributed by atoms with van der Waals surface area (Å²) in [6.07, 6.45) is 11.9. The molecule has 0 spiro atoms. The van der Waals surface area contributed by atoms with Gasteiger partial charge in [0.15, 0.2) is 0 Å². The van der Waals surface area contributed by atoms with Crippen molar-refractivity contribution in [1.29, 1.82) is 0 Å². The summed E-state index contributed by atoms with van der Waals surface area (Å²) in [5, 5.41) is 3.41. The van der Waals surface area contributed by atoms with Gasteiger partial charge in [0.2, 0.25) is 5.95 Å². The first-order chi connectivity index (χ1) is 12.6. The van der Waals surface area contributed by atoms with Crippen molar-refractivity contribution >= 4 is 5.95 Å². The average molecular weight is 359 g/mol. The number of nitrogens with zero attached hydrogens (tertiary/aromatic N) is 3. The van der Waals surface area contributed by atoms with Gasteiger partial charge in [-0.05, 0) is 81.4 Å². The highest BCUT2D eigenvalue weighted by molar-refractivity contribution is 5.30. The van der Waals surface area contributed by atoms with Crippen LogP contribution in [0.2, 0.25) is 0 Å². The van der Waals surface area contributed by atoms with Gasteiger partial charge in [0.05, 0.1) is 6.10 Å². The Balaban J connectivity index is 1.19. The third kappa shape index (κ3) is 4.20. The Bertz CT molecular complexity index is 578. The molecule has 3 aliphatic rings. The second-order valence-corrected chi connectivity index (χ2v) is 8.92. The minimum atomic E-state index is 0.495. The van der Waals surface area contributed by atoms with Gasteiger partial charge in [-0.15, -0.1) is 0 Å². The first-order valence-electron chi connectivity index (χ1n) is 10.5. The lowest BCUT2D eigenvalue weighted by Gasteiger charge is -2.33. The van der Waals surface area contributed by atoms with E-state index >= 15 is 0 Å². The third-order valence-electron chi connectivity index (χ3n) is 6.89. The van der Waals surface area contributed by atoms with Crippen molar-refractivity contribution in [3.63, 3.8) is 0 Å². The Hall–Kier alpha value is -1.20. The molecule has 0 radical (unpaired) electrons. The molecule has 144 valence electrons. The van der Waals surface area contributed by atoms with E-state index in [4.69, 9.17) is 4.74 Å². The molecule has 2 atom stereocenters. The SMILES string of the molecule is Cc1cnc(N2CCC([C@H]3C[C@@]3(C)CCOC3CCNCC3)CC2)nc1. The van der Waals surface area contributed by atoms with Crippen LogP contribution in [0.1, 0.15) is 51.0 Å². The summed E-state index contributed by atoms with van der Waals surface area (Å²) in [5.74, 6) is 2.68. The van der Waals surface area contributed by atoms with Gasteiger partial charge in [0, 0.05) is 32.1 Å². The molecule has 0 unspecified atom stereocenters. The van der Waals surface area contributed by atoms with Crippen molar-refractivity contribution in [3.8, 4) is 0 Å². The molecule has 0 bridgehead atoms. The van der Waals surface area contributed by atoms with Gasteiger partial charge in [0.25, 0.3) is 0 Å². The Morgan fingerprint density at radius 2 is 1.85 bits per heavy atom. The molecule has 2 saturated heterocycles. The van der Waals surface area contributed by atoms with Gasteiger partial charge in [-0.25, -0.2) is 9.97 Å². The van der Waals surface area contributed by atoms with E-state index in [0.29, 0.717) is 11.5 Å². The van der Waals surface area contributed by atoms with E-state index in [9.17, 15) is 0 Å². The van der Waals surface area contributed by atoms with Crippen LogP contribution < -0.4 is 10.2 Å². The van der Waals surface area contributed by atoms with E-state index in [-0.39, 0.29) is 0 Å². The van der Waals surface area contributed by atoms with E-state index in [1.165, 1.54) is 38.5 Å². The zero-order valence-electron chi connectivity index (χ0n) is 16.4. The number of aryl methyl sites for hydroxylation is 1. The van der Waals surface area contributed by atoms with Crippen molar-refractivity contribution in [3.05, 3.63) is 18.0 Å². The third-order valence-corrected chi connectivity index (χ3v) is 6.89. The van der Waals surface area contributed by atoms with Crippen LogP contribution in [0.3, 0.4) is 0 Å². The van der Waals surface area contributed by atoms with Crippen molar-refractivity contribution in [2.45, 2.75) is 58.5 Å². The van der Waals surface area contributed by atoms with Gasteiger partial charge < -0.3 is 15.0 Å². The maximum atomic E-state index is 6.15. The van der Waals surface area contributed by atoms with E-state index < -0.39 is 0 Å². The zero-order valence-corrected chi connectivity index (χ0v) is 16.4. The fourth-order valence-electron chi connectivity index (χ4n) is 4.94. The smallest absolute Gasteiger partial charge is 0.225 e. The summed E-state index contributed by atoms with van der Waals surface area (Å²) >= 11 is 0. The Labute approximate surface area is 157 Å². The summed E-state index contributed by atoms with van der Waals surface area (Å²) in [7, 11) is 0. The lowest BCUT2D eigenvalue weighted by atomic mass is 9.87. The van der Waals surface area contributed by atoms with Crippen LogP contribution >= 0.6 is 0 Å². The first-order valence-corrected chi connectivity index (χ1v) is 10.5. The van der Waals surface area contributed by atoms with Crippen molar-refractivity contribution < 1.29 is 4.74 Å². The number of anilines is 1. The molecule has 0 amide bonds. The molecule has 4 rings (SSSR count). The monoisotopic (exact) mass is 358 g/mol. The topological polar surface area (TPSA) is 50.3 Å². The van der Waals surface area contributed by atoms with Gasteiger partial charge in [-0.1, -0.05) is 6.92 Å². The molecule has 1 aliphatic carbocycles. The predicted molar refractivity (Wildman–Crippen MR) is 104 cm³/mol. The van der Waals surface area contributed by atoms with Crippen LogP contribution in [0.15, 0.2) is 12.4 Å². The minimum Gasteiger partial charge on any atom is -0.378 e. The zero-order chi connectivity index (χ0) is 18.0. The Morgan fingerprint density at radius 3 is 2.54 bits per heavy atom. The van der Waals surface area contributed by atoms with Crippen LogP contribution in [-0.2, 0) is 4.74 Å². The second kappa shape index (κ2) is 7.81. The maximum absolute atomic E-state index is 6.15. The number of aromatic nitrogens is 2. The van der Waals surface area contributed by atoms with Crippen LogP contribution in [0.25, 0.3) is 0 Å². The van der Waals surface area contributed by atoms with Gasteiger partial charge in [0.1, 0.15) is 0 Å². The largest absolute Gasteiger partial charge is 0.378 e. The lowest BCUT2D eigenvalue weighted by molar-refractivity contribution is 0.0229. The number of piperidine rings is 2. The molecule has 1 aromatic rings. The Kier molecular flexibility index (Phi) is 5.46. The fraction of sp³-hybridized carbons (Fsp3) is 0.810. The van der Waals surface area contributed by atoms with Crippen LogP contribution in [-0.4, -0.2) is 48.9 Å². The summed E-state index contributed by atoms with van der Waals surface area (Å²) in [4.78, 5) is 11.3. The van der Waals surface area contributed by atoms with Gasteiger partial charge in [-0.3, -0.25) is 0 Å². The summed E-state index contributed by atoms with van der Waals surface area (Å²) in [6, 6.07) is 0. The molecule has 1 aromatic heterocycles. The quantitative estimate of drug-likeness (QED) is 0.846. The minimum absolute atomic E-state index is 0.495. The molecule has 1 N–H and O–H groups in total. The molecule has 2 aliphatic heterocycles. The summed E-state index contributed by atoms with van der Waals surface area (Å²) in [5.41, 5.74) is 1.66.